The third-order valence-corrected chi connectivity index (χ3v) is 4.82. The molecule has 3 nitrogen and oxygen atoms in total. The molecule has 0 atom stereocenters. The van der Waals surface area contributed by atoms with Crippen molar-refractivity contribution in [3.8, 4) is 0 Å². The second-order valence-corrected chi connectivity index (χ2v) is 7.14. The quantitative estimate of drug-likeness (QED) is 0.821. The number of nitrogens with zero attached hydrogens (tertiary/aromatic N) is 1. The summed E-state index contributed by atoms with van der Waals surface area (Å²) in [7, 11) is 0. The maximum absolute atomic E-state index is 12.3. The molecule has 1 saturated heterocycles. The number of piperidine rings is 1. The molecule has 2 aliphatic rings. The normalized spacial score (nSPS) is 26.9. The Bertz CT molecular complexity index is 296. The van der Waals surface area contributed by atoms with Gasteiger partial charge in [-0.15, -0.1) is 0 Å². The van der Waals surface area contributed by atoms with E-state index in [0.29, 0.717) is 11.8 Å². The van der Waals surface area contributed by atoms with Crippen LogP contribution in [0.15, 0.2) is 0 Å². The van der Waals surface area contributed by atoms with E-state index < -0.39 is 0 Å². The molecule has 2 fully saturated rings. The number of carbonyl (C=O) groups excluding carboxylic acids is 1. The molecule has 1 aliphatic heterocycles. The molecular weight excluding hydrogens is 224 g/mol. The van der Waals surface area contributed by atoms with E-state index in [1.807, 2.05) is 4.90 Å². The van der Waals surface area contributed by atoms with Crippen molar-refractivity contribution < 1.29 is 4.79 Å². The van der Waals surface area contributed by atoms with E-state index in [1.54, 1.807) is 0 Å². The number of hydrogen-bond donors (Lipinski definition) is 1. The molecule has 2 rings (SSSR count). The van der Waals surface area contributed by atoms with Crippen molar-refractivity contribution in [3.63, 3.8) is 0 Å². The zero-order valence-electron chi connectivity index (χ0n) is 12.0. The Morgan fingerprint density at radius 1 is 1.06 bits per heavy atom. The molecule has 1 heterocycles. The van der Waals surface area contributed by atoms with Crippen LogP contribution in [0.4, 0.5) is 0 Å². The Hall–Kier alpha value is -0.570. The summed E-state index contributed by atoms with van der Waals surface area (Å²) in [6.07, 6.45) is 8.52. The Kier molecular flexibility index (Phi) is 4.00. The standard InChI is InChI=1S/C15H28N2O/c1-14(2)8-10-17(11-9-14)13(18)12-15(16)6-4-3-5-7-15/h3-12,16H2,1-2H3. The van der Waals surface area contributed by atoms with Crippen LogP contribution in [0.25, 0.3) is 0 Å². The summed E-state index contributed by atoms with van der Waals surface area (Å²) < 4.78 is 0. The fourth-order valence-electron chi connectivity index (χ4n) is 3.21. The number of amides is 1. The maximum Gasteiger partial charge on any atom is 0.224 e. The van der Waals surface area contributed by atoms with Crippen LogP contribution in [0.1, 0.15) is 65.2 Å². The monoisotopic (exact) mass is 252 g/mol. The van der Waals surface area contributed by atoms with Crippen LogP contribution in [0.2, 0.25) is 0 Å². The van der Waals surface area contributed by atoms with Gasteiger partial charge in [-0.2, -0.15) is 0 Å². The summed E-state index contributed by atoms with van der Waals surface area (Å²) in [5.74, 6) is 0.287. The van der Waals surface area contributed by atoms with Crippen molar-refractivity contribution >= 4 is 5.91 Å². The van der Waals surface area contributed by atoms with Crippen LogP contribution < -0.4 is 5.73 Å². The van der Waals surface area contributed by atoms with Gasteiger partial charge in [0.05, 0.1) is 0 Å². The zero-order valence-corrected chi connectivity index (χ0v) is 12.0. The van der Waals surface area contributed by atoms with Gasteiger partial charge in [-0.1, -0.05) is 33.1 Å². The van der Waals surface area contributed by atoms with Crippen molar-refractivity contribution in [1.29, 1.82) is 0 Å². The molecule has 0 spiro atoms. The van der Waals surface area contributed by atoms with E-state index in [9.17, 15) is 4.79 Å². The summed E-state index contributed by atoms with van der Waals surface area (Å²) >= 11 is 0. The zero-order chi connectivity index (χ0) is 13.2. The Morgan fingerprint density at radius 3 is 2.17 bits per heavy atom. The number of likely N-dealkylation sites (tertiary alicyclic amines) is 1. The second kappa shape index (κ2) is 5.20. The van der Waals surface area contributed by atoms with E-state index in [1.165, 1.54) is 19.3 Å². The third-order valence-electron chi connectivity index (χ3n) is 4.82. The van der Waals surface area contributed by atoms with Crippen LogP contribution in [-0.2, 0) is 4.79 Å². The van der Waals surface area contributed by atoms with Gasteiger partial charge in [0.1, 0.15) is 0 Å². The number of hydrogen-bond acceptors (Lipinski definition) is 2. The van der Waals surface area contributed by atoms with Gasteiger partial charge in [0.2, 0.25) is 5.91 Å². The van der Waals surface area contributed by atoms with Gasteiger partial charge in [-0.3, -0.25) is 4.79 Å². The lowest BCUT2D eigenvalue weighted by Gasteiger charge is -2.39. The lowest BCUT2D eigenvalue weighted by molar-refractivity contribution is -0.134. The molecular formula is C15H28N2O. The summed E-state index contributed by atoms with van der Waals surface area (Å²) in [5.41, 5.74) is 6.57. The van der Waals surface area contributed by atoms with Gasteiger partial charge < -0.3 is 10.6 Å². The Morgan fingerprint density at radius 2 is 1.61 bits per heavy atom. The van der Waals surface area contributed by atoms with Crippen LogP contribution in [0, 0.1) is 5.41 Å². The first-order chi connectivity index (χ1) is 8.40. The van der Waals surface area contributed by atoms with Crippen molar-refractivity contribution in [2.75, 3.05) is 13.1 Å². The largest absolute Gasteiger partial charge is 0.343 e. The predicted octanol–water partition coefficient (Wildman–Crippen LogP) is 2.69. The summed E-state index contributed by atoms with van der Waals surface area (Å²) in [6.45, 7) is 6.42. The number of carbonyl (C=O) groups is 1. The minimum Gasteiger partial charge on any atom is -0.343 e. The molecule has 0 aromatic heterocycles. The average molecular weight is 252 g/mol. The second-order valence-electron chi connectivity index (χ2n) is 7.14. The first kappa shape index (κ1) is 13.9. The highest BCUT2D eigenvalue weighted by atomic mass is 16.2. The van der Waals surface area contributed by atoms with Crippen molar-refractivity contribution in [3.05, 3.63) is 0 Å². The first-order valence-corrected chi connectivity index (χ1v) is 7.47. The summed E-state index contributed by atoms with van der Waals surface area (Å²) in [6, 6.07) is 0. The number of rotatable bonds is 2. The Labute approximate surface area is 111 Å². The number of nitrogens with two attached hydrogens (primary N) is 1. The Balaban J connectivity index is 1.85. The first-order valence-electron chi connectivity index (χ1n) is 7.47. The summed E-state index contributed by atoms with van der Waals surface area (Å²) in [4.78, 5) is 14.4. The SMILES string of the molecule is CC1(C)CCN(C(=O)CC2(N)CCCCC2)CC1. The van der Waals surface area contributed by atoms with Crippen LogP contribution in [0.3, 0.4) is 0 Å². The molecule has 0 unspecified atom stereocenters. The fraction of sp³-hybridized carbons (Fsp3) is 0.933. The van der Waals surface area contributed by atoms with Crippen molar-refractivity contribution in [2.45, 2.75) is 70.8 Å². The van der Waals surface area contributed by atoms with E-state index in [-0.39, 0.29) is 11.4 Å². The molecule has 1 saturated carbocycles. The molecule has 0 aromatic carbocycles. The van der Waals surface area contributed by atoms with Gasteiger partial charge in [0, 0.05) is 25.0 Å². The van der Waals surface area contributed by atoms with Gasteiger partial charge in [-0.05, 0) is 31.1 Å². The predicted molar refractivity (Wildman–Crippen MR) is 74.2 cm³/mol. The molecule has 3 heteroatoms. The molecule has 104 valence electrons. The van der Waals surface area contributed by atoms with Gasteiger partial charge in [0.25, 0.3) is 0 Å². The third kappa shape index (κ3) is 3.47. The van der Waals surface area contributed by atoms with Crippen molar-refractivity contribution in [1.82, 2.24) is 4.90 Å². The van der Waals surface area contributed by atoms with Gasteiger partial charge >= 0.3 is 0 Å². The molecule has 1 amide bonds. The molecule has 18 heavy (non-hydrogen) atoms. The van der Waals surface area contributed by atoms with Gasteiger partial charge in [0.15, 0.2) is 0 Å². The minimum atomic E-state index is -0.206. The molecule has 2 N–H and O–H groups in total. The van der Waals surface area contributed by atoms with Crippen LogP contribution >= 0.6 is 0 Å². The van der Waals surface area contributed by atoms with E-state index in [2.05, 4.69) is 13.8 Å². The molecule has 0 aromatic rings. The highest BCUT2D eigenvalue weighted by Gasteiger charge is 2.34. The smallest absolute Gasteiger partial charge is 0.224 e. The highest BCUT2D eigenvalue weighted by Crippen LogP contribution is 2.32. The van der Waals surface area contributed by atoms with Crippen molar-refractivity contribution in [2.24, 2.45) is 11.1 Å². The topological polar surface area (TPSA) is 46.3 Å². The van der Waals surface area contributed by atoms with E-state index in [4.69, 9.17) is 5.73 Å². The molecule has 1 aliphatic carbocycles. The lowest BCUT2D eigenvalue weighted by atomic mass is 9.79. The van der Waals surface area contributed by atoms with E-state index in [0.717, 1.165) is 38.8 Å². The minimum absolute atomic E-state index is 0.206. The molecule has 0 bridgehead atoms. The van der Waals surface area contributed by atoms with E-state index >= 15 is 0 Å². The maximum atomic E-state index is 12.3. The lowest BCUT2D eigenvalue weighted by Crippen LogP contribution is -2.49. The molecule has 0 radical (unpaired) electrons. The van der Waals surface area contributed by atoms with Gasteiger partial charge in [-0.25, -0.2) is 0 Å². The summed E-state index contributed by atoms with van der Waals surface area (Å²) in [5, 5.41) is 0. The highest BCUT2D eigenvalue weighted by molar-refractivity contribution is 5.77. The fourth-order valence-corrected chi connectivity index (χ4v) is 3.21. The van der Waals surface area contributed by atoms with Crippen LogP contribution in [-0.4, -0.2) is 29.4 Å². The average Bonchev–Trinajstić information content (AvgIpc) is 2.29. The van der Waals surface area contributed by atoms with Crippen LogP contribution in [0.5, 0.6) is 0 Å².